The van der Waals surface area contributed by atoms with Crippen LogP contribution >= 0.6 is 12.4 Å². The van der Waals surface area contributed by atoms with Crippen LogP contribution in [0.3, 0.4) is 0 Å². The molecule has 2 unspecified atom stereocenters. The Hall–Kier alpha value is -1.66. The normalized spacial score (nSPS) is 19.0. The Balaban J connectivity index is 0.00000242. The quantitative estimate of drug-likeness (QED) is 0.877. The molecule has 1 aliphatic heterocycles. The lowest BCUT2D eigenvalue weighted by Gasteiger charge is -2.33. The van der Waals surface area contributed by atoms with Gasteiger partial charge in [0.15, 0.2) is 0 Å². The molecule has 0 bridgehead atoms. The molecule has 0 aliphatic carbocycles. The minimum absolute atomic E-state index is 0. The minimum Gasteiger partial charge on any atom is -0.341 e. The lowest BCUT2D eigenvalue weighted by atomic mass is 9.96. The predicted octanol–water partition coefficient (Wildman–Crippen LogP) is 1.34. The third kappa shape index (κ3) is 4.68. The van der Waals surface area contributed by atoms with Crippen LogP contribution in [0.5, 0.6) is 0 Å². The Morgan fingerprint density at radius 1 is 1.45 bits per heavy atom. The number of likely N-dealkylation sites (tertiary alicyclic amines) is 1. The number of hydrogen-bond acceptors (Lipinski definition) is 4. The fourth-order valence-corrected chi connectivity index (χ4v) is 2.45. The summed E-state index contributed by atoms with van der Waals surface area (Å²) in [4.78, 5) is 30.0. The summed E-state index contributed by atoms with van der Waals surface area (Å²) in [6.45, 7) is 4.71. The molecule has 1 saturated heterocycles. The van der Waals surface area contributed by atoms with E-state index in [1.165, 1.54) is 0 Å². The molecule has 122 valence electrons. The number of amides is 2. The number of aromatic nitrogens is 1. The van der Waals surface area contributed by atoms with Gasteiger partial charge in [-0.15, -0.1) is 12.4 Å². The van der Waals surface area contributed by atoms with Crippen molar-refractivity contribution in [2.45, 2.75) is 32.7 Å². The Labute approximate surface area is 136 Å². The summed E-state index contributed by atoms with van der Waals surface area (Å²) in [5, 5.41) is 2.81. The summed E-state index contributed by atoms with van der Waals surface area (Å²) in [5.41, 5.74) is 6.67. The van der Waals surface area contributed by atoms with Crippen molar-refractivity contribution in [3.8, 4) is 0 Å². The second kappa shape index (κ2) is 8.10. The Kier molecular flexibility index (Phi) is 6.77. The number of nitrogens with one attached hydrogen (secondary N) is 1. The van der Waals surface area contributed by atoms with Gasteiger partial charge in [0.05, 0.1) is 12.0 Å². The first-order valence-electron chi connectivity index (χ1n) is 7.25. The van der Waals surface area contributed by atoms with E-state index in [-0.39, 0.29) is 30.1 Å². The zero-order chi connectivity index (χ0) is 15.4. The van der Waals surface area contributed by atoms with Crippen LogP contribution < -0.4 is 11.1 Å². The first-order valence-corrected chi connectivity index (χ1v) is 7.25. The van der Waals surface area contributed by atoms with Crippen LogP contribution in [-0.2, 0) is 9.59 Å². The maximum Gasteiger partial charge on any atom is 0.239 e. The predicted molar refractivity (Wildman–Crippen MR) is 87.8 cm³/mol. The lowest BCUT2D eigenvalue weighted by molar-refractivity contribution is -0.135. The number of nitrogens with zero attached hydrogens (tertiary/aromatic N) is 2. The van der Waals surface area contributed by atoms with E-state index in [0.29, 0.717) is 18.9 Å². The van der Waals surface area contributed by atoms with Crippen molar-refractivity contribution in [1.82, 2.24) is 9.88 Å². The molecule has 6 nitrogen and oxygen atoms in total. The van der Waals surface area contributed by atoms with Crippen molar-refractivity contribution >= 4 is 30.0 Å². The van der Waals surface area contributed by atoms with Crippen molar-refractivity contribution < 1.29 is 9.59 Å². The average Bonchev–Trinajstić information content (AvgIpc) is 2.48. The molecule has 2 atom stereocenters. The third-order valence-electron chi connectivity index (χ3n) is 3.66. The van der Waals surface area contributed by atoms with E-state index >= 15 is 0 Å². The molecule has 22 heavy (non-hydrogen) atoms. The van der Waals surface area contributed by atoms with Gasteiger partial charge >= 0.3 is 0 Å². The summed E-state index contributed by atoms with van der Waals surface area (Å²) in [6, 6.07) is 3.15. The molecular formula is C15H23ClN4O2. The summed E-state index contributed by atoms with van der Waals surface area (Å²) in [7, 11) is 0. The monoisotopic (exact) mass is 326 g/mol. The van der Waals surface area contributed by atoms with Crippen molar-refractivity contribution in [3.05, 3.63) is 23.9 Å². The molecule has 0 aromatic carbocycles. The highest BCUT2D eigenvalue weighted by Gasteiger charge is 2.29. The molecule has 1 aromatic heterocycles. The van der Waals surface area contributed by atoms with Gasteiger partial charge in [-0.1, -0.05) is 6.07 Å². The molecule has 0 saturated carbocycles. The van der Waals surface area contributed by atoms with Gasteiger partial charge in [0.2, 0.25) is 11.8 Å². The van der Waals surface area contributed by atoms with E-state index in [2.05, 4.69) is 10.3 Å². The lowest BCUT2D eigenvalue weighted by Crippen LogP contribution is -2.48. The fourth-order valence-electron chi connectivity index (χ4n) is 2.45. The van der Waals surface area contributed by atoms with Crippen LogP contribution in [0.2, 0.25) is 0 Å². The Morgan fingerprint density at radius 2 is 2.18 bits per heavy atom. The first-order chi connectivity index (χ1) is 9.97. The summed E-state index contributed by atoms with van der Waals surface area (Å²) < 4.78 is 0. The molecule has 2 amide bonds. The largest absolute Gasteiger partial charge is 0.341 e. The van der Waals surface area contributed by atoms with Gasteiger partial charge in [-0.25, -0.2) is 4.98 Å². The maximum atomic E-state index is 12.3. The van der Waals surface area contributed by atoms with Crippen LogP contribution in [0.4, 0.5) is 5.82 Å². The number of pyridine rings is 1. The van der Waals surface area contributed by atoms with Crippen LogP contribution in [-0.4, -0.2) is 40.8 Å². The average molecular weight is 327 g/mol. The Bertz CT molecular complexity index is 519. The number of anilines is 1. The van der Waals surface area contributed by atoms with Crippen LogP contribution in [0.15, 0.2) is 18.3 Å². The van der Waals surface area contributed by atoms with Gasteiger partial charge < -0.3 is 16.0 Å². The summed E-state index contributed by atoms with van der Waals surface area (Å²) in [5.74, 6) is 0.153. The van der Waals surface area contributed by atoms with Crippen molar-refractivity contribution in [1.29, 1.82) is 0 Å². The van der Waals surface area contributed by atoms with Gasteiger partial charge in [0.25, 0.3) is 0 Å². The number of hydrogen-bond donors (Lipinski definition) is 2. The summed E-state index contributed by atoms with van der Waals surface area (Å²) in [6.07, 6.45) is 3.31. The number of aryl methyl sites for hydroxylation is 1. The second-order valence-corrected chi connectivity index (χ2v) is 5.62. The number of halogens is 1. The molecule has 2 rings (SSSR count). The van der Waals surface area contributed by atoms with Gasteiger partial charge in [0.1, 0.15) is 5.82 Å². The highest BCUT2D eigenvalue weighted by atomic mass is 35.5. The number of piperidine rings is 1. The Morgan fingerprint density at radius 3 is 2.77 bits per heavy atom. The van der Waals surface area contributed by atoms with Gasteiger partial charge in [-0.2, -0.15) is 0 Å². The second-order valence-electron chi connectivity index (χ2n) is 5.62. The number of carbonyl (C=O) groups is 2. The molecular weight excluding hydrogens is 304 g/mol. The minimum atomic E-state index is -0.523. The summed E-state index contributed by atoms with van der Waals surface area (Å²) >= 11 is 0. The van der Waals surface area contributed by atoms with Crippen LogP contribution in [0, 0.1) is 12.8 Å². The van der Waals surface area contributed by atoms with E-state index in [0.717, 1.165) is 18.4 Å². The fraction of sp³-hybridized carbons (Fsp3) is 0.533. The SMILES string of the molecule is Cc1ccc(NC(=O)C2CCCN(C(=O)C(C)N)C2)nc1.Cl. The highest BCUT2D eigenvalue weighted by Crippen LogP contribution is 2.19. The van der Waals surface area contributed by atoms with Crippen LogP contribution in [0.25, 0.3) is 0 Å². The molecule has 1 fully saturated rings. The molecule has 7 heteroatoms. The topological polar surface area (TPSA) is 88.3 Å². The molecule has 1 aromatic rings. The van der Waals surface area contributed by atoms with Crippen LogP contribution in [0.1, 0.15) is 25.3 Å². The van der Waals surface area contributed by atoms with Crippen molar-refractivity contribution in [3.63, 3.8) is 0 Å². The van der Waals surface area contributed by atoms with E-state index < -0.39 is 6.04 Å². The van der Waals surface area contributed by atoms with E-state index in [1.54, 1.807) is 24.1 Å². The third-order valence-corrected chi connectivity index (χ3v) is 3.66. The van der Waals surface area contributed by atoms with Crippen molar-refractivity contribution in [2.75, 3.05) is 18.4 Å². The molecule has 2 heterocycles. The van der Waals surface area contributed by atoms with Crippen molar-refractivity contribution in [2.24, 2.45) is 11.7 Å². The number of carbonyl (C=O) groups excluding carboxylic acids is 2. The maximum absolute atomic E-state index is 12.3. The van der Waals surface area contributed by atoms with E-state index in [4.69, 9.17) is 5.73 Å². The molecule has 1 aliphatic rings. The number of nitrogens with two attached hydrogens (primary N) is 1. The molecule has 0 spiro atoms. The van der Waals surface area contributed by atoms with E-state index in [9.17, 15) is 9.59 Å². The van der Waals surface area contributed by atoms with Gasteiger partial charge in [-0.3, -0.25) is 9.59 Å². The van der Waals surface area contributed by atoms with E-state index in [1.807, 2.05) is 13.0 Å². The highest BCUT2D eigenvalue weighted by molar-refractivity contribution is 5.92. The molecule has 0 radical (unpaired) electrons. The standard InChI is InChI=1S/C15H22N4O2.ClH/c1-10-5-6-13(17-8-10)18-14(20)12-4-3-7-19(9-12)15(21)11(2)16;/h5-6,8,11-12H,3-4,7,9,16H2,1-2H3,(H,17,18,20);1H. The zero-order valence-corrected chi connectivity index (χ0v) is 13.7. The van der Waals surface area contributed by atoms with Gasteiger partial charge in [-0.05, 0) is 38.3 Å². The first kappa shape index (κ1) is 18.4. The number of rotatable bonds is 3. The molecule has 3 N–H and O–H groups in total. The smallest absolute Gasteiger partial charge is 0.239 e. The van der Waals surface area contributed by atoms with Gasteiger partial charge in [0, 0.05) is 19.3 Å². The zero-order valence-electron chi connectivity index (χ0n) is 12.9.